The molecule has 0 spiro atoms. The van der Waals surface area contributed by atoms with E-state index in [0.717, 1.165) is 18.5 Å². The van der Waals surface area contributed by atoms with Crippen LogP contribution in [0.25, 0.3) is 0 Å². The molecule has 132 valence electrons. The van der Waals surface area contributed by atoms with E-state index in [1.54, 1.807) is 24.3 Å². The van der Waals surface area contributed by atoms with Gasteiger partial charge in [0, 0.05) is 24.2 Å². The van der Waals surface area contributed by atoms with Gasteiger partial charge >= 0.3 is 0 Å². The summed E-state index contributed by atoms with van der Waals surface area (Å²) in [7, 11) is 0. The molecular formula is C17H24ClN3O3. The second kappa shape index (κ2) is 8.35. The molecule has 24 heavy (non-hydrogen) atoms. The molecule has 3 rings (SSSR count). The van der Waals surface area contributed by atoms with E-state index in [9.17, 15) is 9.59 Å². The number of nitrogens with two attached hydrogens (primary N) is 1. The zero-order valence-electron chi connectivity index (χ0n) is 13.5. The third-order valence-electron chi connectivity index (χ3n) is 4.56. The number of amides is 2. The van der Waals surface area contributed by atoms with Crippen LogP contribution in [0.3, 0.4) is 0 Å². The van der Waals surface area contributed by atoms with Crippen molar-refractivity contribution >= 4 is 29.9 Å². The minimum atomic E-state index is -0.515. The van der Waals surface area contributed by atoms with Crippen molar-refractivity contribution < 1.29 is 14.3 Å². The number of carbonyl (C=O) groups is 2. The first-order valence-electron chi connectivity index (χ1n) is 8.15. The van der Waals surface area contributed by atoms with Gasteiger partial charge in [-0.2, -0.15) is 0 Å². The Balaban J connectivity index is 0.00000208. The van der Waals surface area contributed by atoms with Crippen LogP contribution in [0, 0.1) is 5.92 Å². The molecule has 0 aliphatic carbocycles. The molecule has 2 atom stereocenters. The van der Waals surface area contributed by atoms with Crippen molar-refractivity contribution in [2.24, 2.45) is 11.7 Å². The molecule has 6 nitrogen and oxygen atoms in total. The Morgan fingerprint density at radius 2 is 1.79 bits per heavy atom. The summed E-state index contributed by atoms with van der Waals surface area (Å²) in [6.45, 7) is -0.149. The van der Waals surface area contributed by atoms with Crippen LogP contribution in [-0.2, 0) is 9.59 Å². The molecule has 1 aromatic rings. The second-order valence-corrected chi connectivity index (χ2v) is 6.51. The fraction of sp³-hybridized carbons (Fsp3) is 0.529. The van der Waals surface area contributed by atoms with Gasteiger partial charge in [0.15, 0.2) is 6.61 Å². The van der Waals surface area contributed by atoms with Gasteiger partial charge in [-0.3, -0.25) is 9.59 Å². The van der Waals surface area contributed by atoms with Gasteiger partial charge in [0.25, 0.3) is 5.91 Å². The summed E-state index contributed by atoms with van der Waals surface area (Å²) in [5.74, 6) is 0.573. The molecule has 2 bridgehead atoms. The van der Waals surface area contributed by atoms with Gasteiger partial charge in [-0.05, 0) is 55.9 Å². The number of anilines is 1. The van der Waals surface area contributed by atoms with Crippen LogP contribution < -0.4 is 21.1 Å². The quantitative estimate of drug-likeness (QED) is 0.727. The van der Waals surface area contributed by atoms with Crippen LogP contribution in [0.4, 0.5) is 5.69 Å². The van der Waals surface area contributed by atoms with Gasteiger partial charge < -0.3 is 21.1 Å². The average molecular weight is 354 g/mol. The van der Waals surface area contributed by atoms with E-state index in [2.05, 4.69) is 10.6 Å². The maximum Gasteiger partial charge on any atom is 0.255 e. The third kappa shape index (κ3) is 5.11. The summed E-state index contributed by atoms with van der Waals surface area (Å²) in [6.07, 6.45) is 5.27. The number of carbonyl (C=O) groups excluding carboxylic acids is 2. The van der Waals surface area contributed by atoms with E-state index in [1.165, 1.54) is 12.8 Å². The highest BCUT2D eigenvalue weighted by molar-refractivity contribution is 5.90. The Hall–Kier alpha value is -1.79. The molecule has 0 radical (unpaired) electrons. The predicted octanol–water partition coefficient (Wildman–Crippen LogP) is 1.83. The number of primary amides is 1. The standard InChI is InChI=1S/C17H23N3O3.ClH/c18-16(21)10-23-15-5-3-12(4-6-15)20-17(22)9-11-7-13-1-2-14(8-11)19-13;/h3-6,11,13-14,19H,1-2,7-10H2,(H2,18,21)(H,20,22);1H. The smallest absolute Gasteiger partial charge is 0.255 e. The fourth-order valence-electron chi connectivity index (χ4n) is 3.60. The molecule has 2 heterocycles. The predicted molar refractivity (Wildman–Crippen MR) is 94.3 cm³/mol. The van der Waals surface area contributed by atoms with Crippen LogP contribution >= 0.6 is 12.4 Å². The van der Waals surface area contributed by atoms with Crippen LogP contribution in [0.2, 0.25) is 0 Å². The Labute approximate surface area is 147 Å². The molecule has 2 fully saturated rings. The maximum absolute atomic E-state index is 12.2. The minimum absolute atomic E-state index is 0. The number of rotatable bonds is 6. The largest absolute Gasteiger partial charge is 0.484 e. The van der Waals surface area contributed by atoms with Gasteiger partial charge in [-0.1, -0.05) is 0 Å². The second-order valence-electron chi connectivity index (χ2n) is 6.51. The van der Waals surface area contributed by atoms with Crippen LogP contribution in [0.1, 0.15) is 32.1 Å². The van der Waals surface area contributed by atoms with Crippen LogP contribution in [-0.4, -0.2) is 30.5 Å². The number of nitrogens with one attached hydrogen (secondary N) is 2. The van der Waals surface area contributed by atoms with Crippen LogP contribution in [0.5, 0.6) is 5.75 Å². The summed E-state index contributed by atoms with van der Waals surface area (Å²) < 4.78 is 5.19. The van der Waals surface area contributed by atoms with E-state index in [4.69, 9.17) is 10.5 Å². The molecule has 0 saturated carbocycles. The fourth-order valence-corrected chi connectivity index (χ4v) is 3.60. The van der Waals surface area contributed by atoms with Crippen molar-refractivity contribution in [2.45, 2.75) is 44.2 Å². The lowest BCUT2D eigenvalue weighted by Gasteiger charge is -2.28. The zero-order chi connectivity index (χ0) is 16.2. The average Bonchev–Trinajstić information content (AvgIpc) is 2.85. The van der Waals surface area contributed by atoms with Crippen molar-refractivity contribution in [1.29, 1.82) is 0 Å². The highest BCUT2D eigenvalue weighted by Crippen LogP contribution is 2.32. The number of piperidine rings is 1. The van der Waals surface area contributed by atoms with Crippen molar-refractivity contribution in [2.75, 3.05) is 11.9 Å². The Bertz CT molecular complexity index is 567. The molecule has 2 unspecified atom stereocenters. The Morgan fingerprint density at radius 3 is 2.38 bits per heavy atom. The summed E-state index contributed by atoms with van der Waals surface area (Å²) in [6, 6.07) is 8.16. The van der Waals surface area contributed by atoms with E-state index >= 15 is 0 Å². The molecule has 4 N–H and O–H groups in total. The topological polar surface area (TPSA) is 93.5 Å². The van der Waals surface area contributed by atoms with Crippen molar-refractivity contribution in [1.82, 2.24) is 5.32 Å². The number of hydrogen-bond acceptors (Lipinski definition) is 4. The number of benzene rings is 1. The van der Waals surface area contributed by atoms with Gasteiger partial charge in [0.2, 0.25) is 5.91 Å². The zero-order valence-corrected chi connectivity index (χ0v) is 14.3. The van der Waals surface area contributed by atoms with E-state index in [-0.39, 0.29) is 24.9 Å². The number of hydrogen-bond donors (Lipinski definition) is 3. The monoisotopic (exact) mass is 353 g/mol. The highest BCUT2D eigenvalue weighted by Gasteiger charge is 2.34. The molecule has 1 aromatic carbocycles. The summed E-state index contributed by atoms with van der Waals surface area (Å²) in [4.78, 5) is 22.9. The lowest BCUT2D eigenvalue weighted by atomic mass is 9.89. The first-order chi connectivity index (χ1) is 11.1. The minimum Gasteiger partial charge on any atom is -0.484 e. The first-order valence-corrected chi connectivity index (χ1v) is 8.15. The first kappa shape index (κ1) is 18.5. The van der Waals surface area contributed by atoms with Crippen LogP contribution in [0.15, 0.2) is 24.3 Å². The van der Waals surface area contributed by atoms with E-state index in [1.807, 2.05) is 0 Å². The lowest BCUT2D eigenvalue weighted by Crippen LogP contribution is -2.39. The van der Waals surface area contributed by atoms with E-state index < -0.39 is 5.91 Å². The maximum atomic E-state index is 12.2. The third-order valence-corrected chi connectivity index (χ3v) is 4.56. The van der Waals surface area contributed by atoms with Crippen molar-refractivity contribution in [3.05, 3.63) is 24.3 Å². The van der Waals surface area contributed by atoms with E-state index in [0.29, 0.717) is 30.2 Å². The molecule has 2 aliphatic rings. The number of halogens is 1. The number of fused-ring (bicyclic) bond motifs is 2. The molecule has 7 heteroatoms. The highest BCUT2D eigenvalue weighted by atomic mass is 35.5. The van der Waals surface area contributed by atoms with Gasteiger partial charge in [0.1, 0.15) is 5.75 Å². The summed E-state index contributed by atoms with van der Waals surface area (Å²) in [5, 5.41) is 6.52. The molecule has 2 aliphatic heterocycles. The lowest BCUT2D eigenvalue weighted by molar-refractivity contribution is -0.120. The van der Waals surface area contributed by atoms with Crippen molar-refractivity contribution in [3.63, 3.8) is 0 Å². The van der Waals surface area contributed by atoms with Gasteiger partial charge in [-0.15, -0.1) is 12.4 Å². The molecular weight excluding hydrogens is 330 g/mol. The molecule has 2 amide bonds. The summed E-state index contributed by atoms with van der Waals surface area (Å²) in [5.41, 5.74) is 5.76. The van der Waals surface area contributed by atoms with Gasteiger partial charge in [-0.25, -0.2) is 0 Å². The Kier molecular flexibility index (Phi) is 6.45. The van der Waals surface area contributed by atoms with Gasteiger partial charge in [0.05, 0.1) is 0 Å². The number of ether oxygens (including phenoxy) is 1. The molecule has 0 aromatic heterocycles. The van der Waals surface area contributed by atoms with Crippen molar-refractivity contribution in [3.8, 4) is 5.75 Å². The Morgan fingerprint density at radius 1 is 1.17 bits per heavy atom. The summed E-state index contributed by atoms with van der Waals surface area (Å²) >= 11 is 0. The molecule has 2 saturated heterocycles. The normalized spacial score (nSPS) is 24.8. The SMILES string of the molecule is Cl.NC(=O)COc1ccc(NC(=O)CC2CC3CCC(C2)N3)cc1.